The molecule has 0 aliphatic rings. The molecule has 0 N–H and O–H groups in total. The molecule has 0 aliphatic heterocycles. The lowest BCUT2D eigenvalue weighted by atomic mass is 10.1. The lowest BCUT2D eigenvalue weighted by molar-refractivity contribution is -0.696. The van der Waals surface area contributed by atoms with Crippen molar-refractivity contribution in [2.24, 2.45) is 0 Å². The summed E-state index contributed by atoms with van der Waals surface area (Å²) in [6, 6.07) is 0. The second kappa shape index (κ2) is 14.1. The van der Waals surface area contributed by atoms with E-state index in [2.05, 4.69) is 41.7 Å². The second-order valence-corrected chi connectivity index (χ2v) is 5.11. The summed E-state index contributed by atoms with van der Waals surface area (Å²) in [6.45, 7) is 6.37. The van der Waals surface area contributed by atoms with Gasteiger partial charge in [0.15, 0.2) is 0 Å². The summed E-state index contributed by atoms with van der Waals surface area (Å²) in [7, 11) is 0. The quantitative estimate of drug-likeness (QED) is 0.375. The summed E-state index contributed by atoms with van der Waals surface area (Å²) in [6.07, 6.45) is 17.5. The number of nitrogens with zero attached hydrogens (tertiary/aromatic N) is 2. The van der Waals surface area contributed by atoms with Crippen LogP contribution in [0.1, 0.15) is 65.2 Å². The highest BCUT2D eigenvalue weighted by Gasteiger charge is 2.02. The lowest BCUT2D eigenvalue weighted by Crippen LogP contribution is -2.30. The van der Waals surface area contributed by atoms with Gasteiger partial charge in [0.25, 0.3) is 0 Å². The Morgan fingerprint density at radius 3 is 2.30 bits per heavy atom. The van der Waals surface area contributed by atoms with E-state index in [9.17, 15) is 0 Å². The predicted octanol–water partition coefficient (Wildman–Crippen LogP) is 2.30. The van der Waals surface area contributed by atoms with Crippen molar-refractivity contribution in [2.45, 2.75) is 78.3 Å². The van der Waals surface area contributed by atoms with Gasteiger partial charge in [-0.15, -0.1) is 0 Å². The van der Waals surface area contributed by atoms with Crippen molar-refractivity contribution in [1.82, 2.24) is 4.57 Å². The number of carbonyl (C=O) groups excluding carboxylic acids is 1. The van der Waals surface area contributed by atoms with Gasteiger partial charge in [-0.1, -0.05) is 46.0 Å². The molecule has 4 heteroatoms. The van der Waals surface area contributed by atoms with Crippen LogP contribution in [0.25, 0.3) is 0 Å². The summed E-state index contributed by atoms with van der Waals surface area (Å²) in [5.74, 6) is 0. The third-order valence-corrected chi connectivity index (χ3v) is 3.29. The normalized spacial score (nSPS) is 9.90. The average Bonchev–Trinajstić information content (AvgIpc) is 2.89. The molecule has 4 nitrogen and oxygen atoms in total. The van der Waals surface area contributed by atoms with Crippen LogP contribution >= 0.6 is 0 Å². The zero-order valence-electron chi connectivity index (χ0n) is 13.1. The van der Waals surface area contributed by atoms with Gasteiger partial charge in [0, 0.05) is 6.47 Å². The van der Waals surface area contributed by atoms with Gasteiger partial charge in [0.1, 0.15) is 12.4 Å². The van der Waals surface area contributed by atoms with Crippen molar-refractivity contribution in [3.63, 3.8) is 0 Å². The van der Waals surface area contributed by atoms with E-state index in [4.69, 9.17) is 9.90 Å². The van der Waals surface area contributed by atoms with Crippen LogP contribution in [0.5, 0.6) is 0 Å². The fourth-order valence-electron chi connectivity index (χ4n) is 2.12. The maximum Gasteiger partial charge on any atom is 0.243 e. The minimum Gasteiger partial charge on any atom is -0.554 e. The zero-order valence-corrected chi connectivity index (χ0v) is 13.1. The first-order valence-electron chi connectivity index (χ1n) is 7.88. The molecule has 0 radical (unpaired) electrons. The van der Waals surface area contributed by atoms with Gasteiger partial charge in [-0.25, -0.2) is 9.13 Å². The fraction of sp³-hybridized carbons (Fsp3) is 0.750. The van der Waals surface area contributed by atoms with Crippen molar-refractivity contribution < 1.29 is 14.5 Å². The van der Waals surface area contributed by atoms with Crippen LogP contribution < -0.4 is 9.67 Å². The van der Waals surface area contributed by atoms with E-state index in [1.165, 1.54) is 64.5 Å². The van der Waals surface area contributed by atoms with Gasteiger partial charge < -0.3 is 9.90 Å². The molecule has 0 unspecified atom stereocenters. The van der Waals surface area contributed by atoms with Crippen molar-refractivity contribution in [3.05, 3.63) is 18.7 Å². The molecule has 0 atom stereocenters. The van der Waals surface area contributed by atoms with Gasteiger partial charge in [0.05, 0.1) is 13.1 Å². The number of aromatic nitrogens is 2. The molecular formula is C16H30N2O2. The SMILES string of the molecule is CCCCCCCC[n+]1ccn(CCCC)c1.O=C[O-]. The Bertz CT molecular complexity index is 324. The second-order valence-electron chi connectivity index (χ2n) is 5.11. The molecule has 20 heavy (non-hydrogen) atoms. The fourth-order valence-corrected chi connectivity index (χ4v) is 2.12. The van der Waals surface area contributed by atoms with Gasteiger partial charge in [-0.2, -0.15) is 0 Å². The molecule has 1 heterocycles. The Balaban J connectivity index is 0.00000110. The van der Waals surface area contributed by atoms with E-state index in [-0.39, 0.29) is 0 Å². The highest BCUT2D eigenvalue weighted by Crippen LogP contribution is 2.04. The number of carbonyl (C=O) groups is 1. The van der Waals surface area contributed by atoms with Gasteiger partial charge >= 0.3 is 0 Å². The number of hydrogen-bond donors (Lipinski definition) is 0. The largest absolute Gasteiger partial charge is 0.554 e. The van der Waals surface area contributed by atoms with Crippen LogP contribution in [0.2, 0.25) is 0 Å². The molecule has 1 aromatic heterocycles. The number of unbranched alkanes of at least 4 members (excludes halogenated alkanes) is 6. The lowest BCUT2D eigenvalue weighted by Gasteiger charge is -1.98. The standard InChI is InChI=1S/C15H29N2.CH2O2/c1-3-5-7-8-9-10-12-17-14-13-16(15-17)11-6-4-2;2-1-3/h13-15H,3-12H2,1-2H3;1H,(H,2,3)/q+1;/p-1. The smallest absolute Gasteiger partial charge is 0.243 e. The molecular weight excluding hydrogens is 252 g/mol. The van der Waals surface area contributed by atoms with E-state index < -0.39 is 6.47 Å². The molecule has 0 fully saturated rings. The third-order valence-electron chi connectivity index (χ3n) is 3.29. The van der Waals surface area contributed by atoms with Gasteiger partial charge in [-0.3, -0.25) is 0 Å². The first-order chi connectivity index (χ1) is 9.78. The number of aryl methyl sites for hydroxylation is 2. The van der Waals surface area contributed by atoms with Gasteiger partial charge in [0.2, 0.25) is 6.33 Å². The summed E-state index contributed by atoms with van der Waals surface area (Å²) in [4.78, 5) is 8.25. The van der Waals surface area contributed by atoms with Crippen LogP contribution in [-0.4, -0.2) is 11.0 Å². The molecule has 0 saturated carbocycles. The number of carboxylic acid groups (broad SMARTS) is 1. The highest BCUT2D eigenvalue weighted by molar-refractivity contribution is 5.29. The maximum absolute atomic E-state index is 8.25. The predicted molar refractivity (Wildman–Crippen MR) is 79.0 cm³/mol. The summed E-state index contributed by atoms with van der Waals surface area (Å²) >= 11 is 0. The van der Waals surface area contributed by atoms with Crippen molar-refractivity contribution >= 4 is 6.47 Å². The molecule has 0 saturated heterocycles. The summed E-state index contributed by atoms with van der Waals surface area (Å²) in [5.41, 5.74) is 0. The van der Waals surface area contributed by atoms with Crippen LogP contribution in [0.3, 0.4) is 0 Å². The zero-order chi connectivity index (χ0) is 15.1. The Kier molecular flexibility index (Phi) is 13.2. The van der Waals surface area contributed by atoms with Crippen LogP contribution in [0.4, 0.5) is 0 Å². The summed E-state index contributed by atoms with van der Waals surface area (Å²) < 4.78 is 4.63. The van der Waals surface area contributed by atoms with E-state index in [1.54, 1.807) is 0 Å². The van der Waals surface area contributed by atoms with E-state index >= 15 is 0 Å². The number of rotatable bonds is 10. The average molecular weight is 282 g/mol. The van der Waals surface area contributed by atoms with Crippen molar-refractivity contribution in [2.75, 3.05) is 0 Å². The third kappa shape index (κ3) is 10.6. The Morgan fingerprint density at radius 1 is 1.05 bits per heavy atom. The highest BCUT2D eigenvalue weighted by atomic mass is 16.3. The topological polar surface area (TPSA) is 48.9 Å². The molecule has 0 aliphatic carbocycles. The van der Waals surface area contributed by atoms with Crippen LogP contribution in [0, 0.1) is 0 Å². The monoisotopic (exact) mass is 282 g/mol. The van der Waals surface area contributed by atoms with E-state index in [0.29, 0.717) is 0 Å². The van der Waals surface area contributed by atoms with Crippen LogP contribution in [0.15, 0.2) is 18.7 Å². The summed E-state index contributed by atoms with van der Waals surface area (Å²) in [5, 5.41) is 8.25. The van der Waals surface area contributed by atoms with Gasteiger partial charge in [-0.05, 0) is 19.3 Å². The first-order valence-corrected chi connectivity index (χ1v) is 7.88. The van der Waals surface area contributed by atoms with Crippen molar-refractivity contribution in [1.29, 1.82) is 0 Å². The minimum absolute atomic E-state index is 0.500. The first kappa shape index (κ1) is 18.7. The van der Waals surface area contributed by atoms with E-state index in [1.807, 2.05) is 0 Å². The Hall–Kier alpha value is -1.32. The molecule has 0 spiro atoms. The van der Waals surface area contributed by atoms with E-state index in [0.717, 1.165) is 0 Å². The molecule has 0 amide bonds. The molecule has 1 aromatic rings. The number of imidazole rings is 1. The van der Waals surface area contributed by atoms with Crippen molar-refractivity contribution in [3.8, 4) is 0 Å². The molecule has 0 bridgehead atoms. The number of hydrogen-bond acceptors (Lipinski definition) is 2. The molecule has 1 rings (SSSR count). The maximum atomic E-state index is 8.25. The Morgan fingerprint density at radius 2 is 1.65 bits per heavy atom. The molecule has 0 aromatic carbocycles. The minimum atomic E-state index is -0.500. The Labute approximate surface area is 123 Å². The molecule has 116 valence electrons. The van der Waals surface area contributed by atoms with Crippen LogP contribution in [-0.2, 0) is 17.9 Å².